The number of hydrogen-bond donors (Lipinski definition) is 2. The average Bonchev–Trinajstić information content (AvgIpc) is 2.99. The van der Waals surface area contributed by atoms with Crippen molar-refractivity contribution < 1.29 is 29.0 Å². The third-order valence-electron chi connectivity index (χ3n) is 6.45. The van der Waals surface area contributed by atoms with E-state index in [0.717, 1.165) is 15.4 Å². The van der Waals surface area contributed by atoms with Crippen LogP contribution < -0.4 is 5.32 Å². The number of carbonyl (C=O) groups is 4. The highest BCUT2D eigenvalue weighted by atomic mass is 32.2. The largest absolute Gasteiger partial charge is 0.481 e. The van der Waals surface area contributed by atoms with Crippen LogP contribution in [0.1, 0.15) is 30.3 Å². The summed E-state index contributed by atoms with van der Waals surface area (Å²) < 4.78 is 5.03. The Hall–Kier alpha value is -4.38. The molecule has 2 heterocycles. The summed E-state index contributed by atoms with van der Waals surface area (Å²) in [7, 11) is 0. The lowest BCUT2D eigenvalue weighted by Gasteiger charge is -2.35. The zero-order valence-electron chi connectivity index (χ0n) is 22.7. The molecule has 3 aromatic rings. The maximum atomic E-state index is 13.5. The zero-order valence-corrected chi connectivity index (χ0v) is 23.5. The van der Waals surface area contributed by atoms with Crippen molar-refractivity contribution >= 4 is 35.6 Å². The molecule has 1 aliphatic heterocycles. The number of ether oxygens (including phenoxy) is 1. The van der Waals surface area contributed by atoms with Crippen molar-refractivity contribution in [3.05, 3.63) is 78.5 Å². The third-order valence-corrected chi connectivity index (χ3v) is 7.43. The Labute approximate surface area is 242 Å². The molecule has 1 fully saturated rings. The predicted octanol–water partition coefficient (Wildman–Crippen LogP) is 4.16. The summed E-state index contributed by atoms with van der Waals surface area (Å²) in [6.45, 7) is 3.04. The minimum atomic E-state index is -1.07. The van der Waals surface area contributed by atoms with Gasteiger partial charge in [0, 0.05) is 48.0 Å². The fraction of sp³-hybridized carbons (Fsp3) is 0.300. The summed E-state index contributed by atoms with van der Waals surface area (Å²) in [5, 5.41) is 12.0. The van der Waals surface area contributed by atoms with Gasteiger partial charge in [-0.25, -0.2) is 9.78 Å². The number of aliphatic carboxylic acids is 1. The van der Waals surface area contributed by atoms with E-state index in [0.29, 0.717) is 5.69 Å². The van der Waals surface area contributed by atoms with Crippen molar-refractivity contribution in [3.63, 3.8) is 0 Å². The monoisotopic (exact) mass is 576 g/mol. The average molecular weight is 577 g/mol. The molecule has 2 N–H and O–H groups in total. The Morgan fingerprint density at radius 2 is 1.56 bits per heavy atom. The Balaban J connectivity index is 1.55. The Morgan fingerprint density at radius 1 is 0.927 bits per heavy atom. The topological polar surface area (TPSA) is 129 Å². The van der Waals surface area contributed by atoms with Crippen molar-refractivity contribution in [2.75, 3.05) is 32.8 Å². The van der Waals surface area contributed by atoms with E-state index in [9.17, 15) is 24.3 Å². The van der Waals surface area contributed by atoms with Gasteiger partial charge in [0.2, 0.25) is 5.91 Å². The highest BCUT2D eigenvalue weighted by molar-refractivity contribution is 7.99. The predicted molar refractivity (Wildman–Crippen MR) is 154 cm³/mol. The molecule has 2 aromatic carbocycles. The minimum Gasteiger partial charge on any atom is -0.481 e. The van der Waals surface area contributed by atoms with E-state index in [2.05, 4.69) is 10.3 Å². The summed E-state index contributed by atoms with van der Waals surface area (Å²) in [5.74, 6) is -2.05. The van der Waals surface area contributed by atoms with Gasteiger partial charge in [-0.3, -0.25) is 14.4 Å². The summed E-state index contributed by atoms with van der Waals surface area (Å²) in [6, 6.07) is 21.7. The summed E-state index contributed by atoms with van der Waals surface area (Å²) >= 11 is 1.48. The number of pyridine rings is 1. The van der Waals surface area contributed by atoms with Crippen LogP contribution in [0.25, 0.3) is 11.3 Å². The zero-order chi connectivity index (χ0) is 29.2. The summed E-state index contributed by atoms with van der Waals surface area (Å²) in [6.07, 6.45) is -0.822. The molecule has 11 heteroatoms. The Kier molecular flexibility index (Phi) is 10.3. The van der Waals surface area contributed by atoms with Gasteiger partial charge in [-0.1, -0.05) is 60.3 Å². The molecular weight excluding hydrogens is 544 g/mol. The van der Waals surface area contributed by atoms with Gasteiger partial charge in [-0.2, -0.15) is 0 Å². The molecule has 214 valence electrons. The second kappa shape index (κ2) is 14.3. The van der Waals surface area contributed by atoms with E-state index in [1.165, 1.54) is 21.6 Å². The first kappa shape index (κ1) is 29.6. The quantitative estimate of drug-likeness (QED) is 0.368. The van der Waals surface area contributed by atoms with Crippen molar-refractivity contribution in [3.8, 4) is 11.3 Å². The highest BCUT2D eigenvalue weighted by Gasteiger charge is 2.31. The van der Waals surface area contributed by atoms with Gasteiger partial charge in [0.25, 0.3) is 5.91 Å². The van der Waals surface area contributed by atoms with Crippen LogP contribution in [0.2, 0.25) is 0 Å². The summed E-state index contributed by atoms with van der Waals surface area (Å²) in [5.41, 5.74) is 1.54. The molecule has 0 bridgehead atoms. The maximum Gasteiger partial charge on any atom is 0.409 e. The molecular formula is C30H32N4O6S. The van der Waals surface area contributed by atoms with Gasteiger partial charge in [0.1, 0.15) is 11.7 Å². The molecule has 1 saturated heterocycles. The molecule has 0 radical (unpaired) electrons. The molecule has 41 heavy (non-hydrogen) atoms. The standard InChI is InChI=1S/C30H32N4O6S/c1-2-40-30(39)34-17-15-33(16-18-34)29(38)24(13-14-27(35)36)32-28(37)26-20-23(41-22-11-7-4-8-12-22)19-25(31-26)21-9-5-3-6-10-21/h3-12,19-20,24H,2,13-18H2,1H3,(H,32,37)(H,35,36). The number of nitrogens with one attached hydrogen (secondary N) is 1. The van der Waals surface area contributed by atoms with Crippen LogP contribution in [0.5, 0.6) is 0 Å². The highest BCUT2D eigenvalue weighted by Crippen LogP contribution is 2.31. The number of aromatic nitrogens is 1. The fourth-order valence-electron chi connectivity index (χ4n) is 4.36. The second-order valence-electron chi connectivity index (χ2n) is 9.32. The molecule has 1 unspecified atom stereocenters. The van der Waals surface area contributed by atoms with Crippen molar-refractivity contribution in [1.82, 2.24) is 20.1 Å². The number of piperazine rings is 1. The number of carboxylic acid groups (broad SMARTS) is 1. The second-order valence-corrected chi connectivity index (χ2v) is 10.5. The van der Waals surface area contributed by atoms with E-state index in [4.69, 9.17) is 4.74 Å². The third kappa shape index (κ3) is 8.31. The van der Waals surface area contributed by atoms with Gasteiger partial charge in [-0.05, 0) is 37.6 Å². The van der Waals surface area contributed by atoms with Crippen LogP contribution in [-0.2, 0) is 14.3 Å². The van der Waals surface area contributed by atoms with E-state index in [1.807, 2.05) is 66.7 Å². The van der Waals surface area contributed by atoms with Crippen LogP contribution >= 0.6 is 11.8 Å². The number of nitrogens with zero attached hydrogens (tertiary/aromatic N) is 3. The van der Waals surface area contributed by atoms with E-state index in [1.54, 1.807) is 13.0 Å². The molecule has 4 rings (SSSR count). The van der Waals surface area contributed by atoms with E-state index >= 15 is 0 Å². The SMILES string of the molecule is CCOC(=O)N1CCN(C(=O)C(CCC(=O)O)NC(=O)c2cc(Sc3ccccc3)cc(-c3ccccc3)n2)CC1. The smallest absolute Gasteiger partial charge is 0.409 e. The number of carboxylic acids is 1. The van der Waals surface area contributed by atoms with Gasteiger partial charge >= 0.3 is 12.1 Å². The first-order valence-electron chi connectivity index (χ1n) is 13.4. The normalized spacial score (nSPS) is 13.8. The number of amides is 3. The molecule has 3 amide bonds. The van der Waals surface area contributed by atoms with Crippen molar-refractivity contribution in [2.45, 2.75) is 35.6 Å². The van der Waals surface area contributed by atoms with E-state index in [-0.39, 0.29) is 51.3 Å². The summed E-state index contributed by atoms with van der Waals surface area (Å²) in [4.78, 5) is 59.7. The number of benzene rings is 2. The van der Waals surface area contributed by atoms with E-state index < -0.39 is 29.9 Å². The molecule has 10 nitrogen and oxygen atoms in total. The van der Waals surface area contributed by atoms with Crippen LogP contribution in [0.4, 0.5) is 4.79 Å². The lowest BCUT2D eigenvalue weighted by molar-refractivity contribution is -0.138. The first-order chi connectivity index (χ1) is 19.8. The van der Waals surface area contributed by atoms with Gasteiger partial charge < -0.3 is 25.0 Å². The minimum absolute atomic E-state index is 0.0814. The number of rotatable bonds is 10. The maximum absolute atomic E-state index is 13.5. The molecule has 0 saturated carbocycles. The molecule has 1 aliphatic rings. The molecule has 0 spiro atoms. The number of carbonyl (C=O) groups excluding carboxylic acids is 3. The Morgan fingerprint density at radius 3 is 2.20 bits per heavy atom. The van der Waals surface area contributed by atoms with Crippen molar-refractivity contribution in [1.29, 1.82) is 0 Å². The lowest BCUT2D eigenvalue weighted by atomic mass is 10.1. The fourth-order valence-corrected chi connectivity index (χ4v) is 5.27. The van der Waals surface area contributed by atoms with Crippen LogP contribution in [-0.4, -0.2) is 82.6 Å². The van der Waals surface area contributed by atoms with Gasteiger partial charge in [0.15, 0.2) is 0 Å². The van der Waals surface area contributed by atoms with Gasteiger partial charge in [0.05, 0.1) is 12.3 Å². The van der Waals surface area contributed by atoms with Crippen LogP contribution in [0.15, 0.2) is 82.6 Å². The number of hydrogen-bond acceptors (Lipinski definition) is 7. The van der Waals surface area contributed by atoms with Crippen LogP contribution in [0.3, 0.4) is 0 Å². The molecule has 1 aromatic heterocycles. The molecule has 0 aliphatic carbocycles. The first-order valence-corrected chi connectivity index (χ1v) is 14.2. The Bertz CT molecular complexity index is 1360. The van der Waals surface area contributed by atoms with Crippen LogP contribution in [0, 0.1) is 0 Å². The van der Waals surface area contributed by atoms with Gasteiger partial charge in [-0.15, -0.1) is 0 Å². The lowest BCUT2D eigenvalue weighted by Crippen LogP contribution is -2.56. The molecule has 1 atom stereocenters. The van der Waals surface area contributed by atoms with Crippen molar-refractivity contribution in [2.24, 2.45) is 0 Å².